The van der Waals surface area contributed by atoms with Crippen LogP contribution in [0.4, 0.5) is 11.4 Å². The summed E-state index contributed by atoms with van der Waals surface area (Å²) in [6.45, 7) is 2.60. The summed E-state index contributed by atoms with van der Waals surface area (Å²) >= 11 is 1.45. The smallest absolute Gasteiger partial charge is 0.263 e. The number of nitrogens with one attached hydrogen (secondary N) is 2. The molecule has 0 saturated heterocycles. The summed E-state index contributed by atoms with van der Waals surface area (Å²) in [4.78, 5) is 0.262. The van der Waals surface area contributed by atoms with E-state index in [1.54, 1.807) is 29.6 Å². The van der Waals surface area contributed by atoms with Crippen LogP contribution >= 0.6 is 11.3 Å². The molecule has 0 unspecified atom stereocenters. The zero-order valence-electron chi connectivity index (χ0n) is 9.88. The molecule has 0 atom stereocenters. The van der Waals surface area contributed by atoms with Crippen molar-refractivity contribution in [3.8, 4) is 0 Å². The molecule has 1 heterocycles. The minimum absolute atomic E-state index is 0.262. The van der Waals surface area contributed by atoms with E-state index >= 15 is 0 Å². The van der Waals surface area contributed by atoms with Crippen molar-refractivity contribution in [2.24, 2.45) is 0 Å². The molecule has 2 aromatic rings. The Morgan fingerprint density at radius 3 is 2.67 bits per heavy atom. The summed E-state index contributed by atoms with van der Waals surface area (Å²) in [6.07, 6.45) is 0. The van der Waals surface area contributed by atoms with Crippen molar-refractivity contribution < 1.29 is 8.42 Å². The summed E-state index contributed by atoms with van der Waals surface area (Å²) in [7, 11) is -3.54. The lowest BCUT2D eigenvalue weighted by Gasteiger charge is -2.11. The third-order valence-corrected chi connectivity index (χ3v) is 4.44. The molecule has 0 bridgehead atoms. The van der Waals surface area contributed by atoms with Gasteiger partial charge < -0.3 is 5.32 Å². The Labute approximate surface area is 111 Å². The molecule has 1 aromatic heterocycles. The maximum Gasteiger partial charge on any atom is 0.263 e. The van der Waals surface area contributed by atoms with Gasteiger partial charge in [-0.1, -0.05) is 12.1 Å². The topological polar surface area (TPSA) is 58.2 Å². The molecule has 0 fully saturated rings. The van der Waals surface area contributed by atoms with Crippen LogP contribution in [0.1, 0.15) is 6.92 Å². The first-order chi connectivity index (χ1) is 8.63. The molecular weight excluding hydrogens is 268 g/mol. The van der Waals surface area contributed by atoms with E-state index in [1.807, 2.05) is 18.4 Å². The van der Waals surface area contributed by atoms with Crippen molar-refractivity contribution in [2.45, 2.75) is 11.8 Å². The van der Waals surface area contributed by atoms with E-state index in [0.29, 0.717) is 17.9 Å². The Hall–Kier alpha value is -1.53. The molecule has 4 nitrogen and oxygen atoms in total. The molecule has 2 N–H and O–H groups in total. The Morgan fingerprint density at radius 1 is 1.22 bits per heavy atom. The highest BCUT2D eigenvalue weighted by Gasteiger charge is 2.17. The van der Waals surface area contributed by atoms with Gasteiger partial charge in [-0.3, -0.25) is 4.72 Å². The highest BCUT2D eigenvalue weighted by Crippen LogP contribution is 2.24. The molecule has 0 radical (unpaired) electrons. The van der Waals surface area contributed by atoms with Crippen molar-refractivity contribution >= 4 is 32.7 Å². The molecule has 2 rings (SSSR count). The third-order valence-electron chi connectivity index (χ3n) is 2.32. The summed E-state index contributed by atoms with van der Waals surface area (Å²) < 4.78 is 27.1. The standard InChI is InChI=1S/C12H14N2O2S2/c1-2-13-11-5-3-4-6-12(11)18(15,16)14-10-7-8-17-9-10/h3-9,13-14H,2H2,1H3. The maximum atomic E-state index is 12.2. The lowest BCUT2D eigenvalue weighted by Crippen LogP contribution is -2.14. The van der Waals surface area contributed by atoms with Gasteiger partial charge in [-0.2, -0.15) is 11.3 Å². The second-order valence-corrected chi connectivity index (χ2v) is 6.07. The number of thiophene rings is 1. The van der Waals surface area contributed by atoms with Gasteiger partial charge in [-0.25, -0.2) is 8.42 Å². The van der Waals surface area contributed by atoms with Gasteiger partial charge >= 0.3 is 0 Å². The lowest BCUT2D eigenvalue weighted by molar-refractivity contribution is 0.601. The highest BCUT2D eigenvalue weighted by molar-refractivity contribution is 7.92. The average Bonchev–Trinajstić information content (AvgIpc) is 2.82. The molecular formula is C12H14N2O2S2. The van der Waals surface area contributed by atoms with Crippen LogP contribution in [-0.2, 0) is 10.0 Å². The zero-order chi connectivity index (χ0) is 13.0. The van der Waals surface area contributed by atoms with Crippen LogP contribution in [0, 0.1) is 0 Å². The highest BCUT2D eigenvalue weighted by atomic mass is 32.2. The SMILES string of the molecule is CCNc1ccccc1S(=O)(=O)Nc1ccsc1. The van der Waals surface area contributed by atoms with E-state index in [4.69, 9.17) is 0 Å². The maximum absolute atomic E-state index is 12.2. The molecule has 96 valence electrons. The third kappa shape index (κ3) is 2.83. The van der Waals surface area contributed by atoms with Gasteiger partial charge in [0.15, 0.2) is 0 Å². The van der Waals surface area contributed by atoms with Gasteiger partial charge in [0, 0.05) is 11.9 Å². The molecule has 0 saturated carbocycles. The van der Waals surface area contributed by atoms with E-state index in [-0.39, 0.29) is 4.90 Å². The fraction of sp³-hybridized carbons (Fsp3) is 0.167. The first-order valence-corrected chi connectivity index (χ1v) is 7.94. The minimum Gasteiger partial charge on any atom is -0.384 e. The molecule has 6 heteroatoms. The van der Waals surface area contributed by atoms with Crippen LogP contribution in [0.25, 0.3) is 0 Å². The summed E-state index contributed by atoms with van der Waals surface area (Å²) in [5.41, 5.74) is 1.20. The number of rotatable bonds is 5. The quantitative estimate of drug-likeness (QED) is 0.886. The van der Waals surface area contributed by atoms with Gasteiger partial charge in [-0.15, -0.1) is 0 Å². The monoisotopic (exact) mass is 282 g/mol. The normalized spacial score (nSPS) is 11.2. The predicted molar refractivity (Wildman–Crippen MR) is 75.7 cm³/mol. The van der Waals surface area contributed by atoms with Crippen LogP contribution in [0.2, 0.25) is 0 Å². The molecule has 0 spiro atoms. The van der Waals surface area contributed by atoms with Crippen molar-refractivity contribution in [1.82, 2.24) is 0 Å². The number of sulfonamides is 1. The molecule has 0 amide bonds. The average molecular weight is 282 g/mol. The van der Waals surface area contributed by atoms with E-state index in [2.05, 4.69) is 10.0 Å². The van der Waals surface area contributed by atoms with Gasteiger partial charge in [0.2, 0.25) is 0 Å². The molecule has 0 aliphatic rings. The van der Waals surface area contributed by atoms with Crippen molar-refractivity contribution in [2.75, 3.05) is 16.6 Å². The molecule has 0 aliphatic carbocycles. The Kier molecular flexibility index (Phi) is 3.88. The van der Waals surface area contributed by atoms with Crippen molar-refractivity contribution in [3.05, 3.63) is 41.1 Å². The number of hydrogen-bond acceptors (Lipinski definition) is 4. The van der Waals surface area contributed by atoms with Crippen LogP contribution in [0.15, 0.2) is 46.0 Å². The molecule has 1 aromatic carbocycles. The predicted octanol–water partition coefficient (Wildman–Crippen LogP) is 2.98. The number of hydrogen-bond donors (Lipinski definition) is 2. The number of anilines is 2. The van der Waals surface area contributed by atoms with Crippen molar-refractivity contribution in [1.29, 1.82) is 0 Å². The van der Waals surface area contributed by atoms with Crippen LogP contribution in [0.3, 0.4) is 0 Å². The molecule has 18 heavy (non-hydrogen) atoms. The largest absolute Gasteiger partial charge is 0.384 e. The minimum atomic E-state index is -3.54. The second kappa shape index (κ2) is 5.41. The summed E-state index contributed by atoms with van der Waals surface area (Å²) in [6, 6.07) is 8.60. The van der Waals surface area contributed by atoms with E-state index in [0.717, 1.165) is 0 Å². The fourth-order valence-electron chi connectivity index (χ4n) is 1.57. The van der Waals surface area contributed by atoms with Gasteiger partial charge in [-0.05, 0) is 30.5 Å². The lowest BCUT2D eigenvalue weighted by atomic mass is 10.3. The van der Waals surface area contributed by atoms with Gasteiger partial charge in [0.1, 0.15) is 4.90 Å². The Morgan fingerprint density at radius 2 is 2.00 bits per heavy atom. The van der Waals surface area contributed by atoms with E-state index in [9.17, 15) is 8.42 Å². The van der Waals surface area contributed by atoms with Crippen molar-refractivity contribution in [3.63, 3.8) is 0 Å². The molecule has 0 aliphatic heterocycles. The Balaban J connectivity index is 2.35. The second-order valence-electron chi connectivity index (χ2n) is 3.64. The number of benzene rings is 1. The van der Waals surface area contributed by atoms with Crippen LogP contribution in [0.5, 0.6) is 0 Å². The van der Waals surface area contributed by atoms with Gasteiger partial charge in [0.25, 0.3) is 10.0 Å². The Bertz CT molecular complexity index is 607. The van der Waals surface area contributed by atoms with E-state index in [1.165, 1.54) is 11.3 Å². The van der Waals surface area contributed by atoms with E-state index < -0.39 is 10.0 Å². The summed E-state index contributed by atoms with van der Waals surface area (Å²) in [5.74, 6) is 0. The first-order valence-electron chi connectivity index (χ1n) is 5.51. The zero-order valence-corrected chi connectivity index (χ0v) is 11.5. The van der Waals surface area contributed by atoms with Crippen LogP contribution < -0.4 is 10.0 Å². The van der Waals surface area contributed by atoms with Gasteiger partial charge in [0.05, 0.1) is 11.4 Å². The van der Waals surface area contributed by atoms with Crippen LogP contribution in [-0.4, -0.2) is 15.0 Å². The number of para-hydroxylation sites is 1. The first kappa shape index (κ1) is 12.9. The summed E-state index contributed by atoms with van der Waals surface area (Å²) in [5, 5.41) is 6.63. The fourth-order valence-corrected chi connectivity index (χ4v) is 3.47.